The molecule has 0 spiro atoms. The van der Waals surface area contributed by atoms with E-state index in [1.165, 1.54) is 0 Å². The summed E-state index contributed by atoms with van der Waals surface area (Å²) >= 11 is 0. The number of carbonyl (C=O) groups is 1. The summed E-state index contributed by atoms with van der Waals surface area (Å²) in [6.45, 7) is 9.26. The van der Waals surface area contributed by atoms with Crippen LogP contribution in [-0.4, -0.2) is 12.6 Å². The Morgan fingerprint density at radius 3 is 2.27 bits per heavy atom. The number of carbonyl (C=O) groups excluding carboxylic acids is 1. The second kappa shape index (κ2) is 4.94. The molecule has 0 heterocycles. The molecule has 0 amide bonds. The number of hydrogen-bond donors (Lipinski definition) is 0. The first-order valence-electron chi connectivity index (χ1n) is 4.77. The number of hydrogen-bond acceptors (Lipinski definition) is 3. The van der Waals surface area contributed by atoms with Crippen molar-refractivity contribution in [2.24, 2.45) is 0 Å². The van der Waals surface area contributed by atoms with Crippen LogP contribution in [-0.2, 0) is 9.78 Å². The third-order valence-corrected chi connectivity index (χ3v) is 2.10. The Bertz CT molecular complexity index is 346. The Morgan fingerprint density at radius 1 is 1.27 bits per heavy atom. The van der Waals surface area contributed by atoms with E-state index in [9.17, 15) is 4.79 Å². The van der Waals surface area contributed by atoms with Crippen LogP contribution in [0.4, 0.5) is 0 Å². The zero-order valence-electron chi connectivity index (χ0n) is 9.29. The molecular formula is C12H15O3. The largest absolute Gasteiger partial charge is 0.373 e. The SMILES string of the molecule is [CH2]COOC(=O)c1c(C)cc(C)cc1C. The standard InChI is InChI=1S/C12H15O3/c1-5-14-15-12(13)11-9(3)6-8(2)7-10(11)4/h6-7H,1,5H2,2-4H3. The predicted octanol–water partition coefficient (Wildman–Crippen LogP) is 2.53. The lowest BCUT2D eigenvalue weighted by Crippen LogP contribution is -2.10. The van der Waals surface area contributed by atoms with Gasteiger partial charge < -0.3 is 0 Å². The fraction of sp³-hybridized carbons (Fsp3) is 0.333. The van der Waals surface area contributed by atoms with Gasteiger partial charge >= 0.3 is 5.97 Å². The van der Waals surface area contributed by atoms with Gasteiger partial charge in [0, 0.05) is 0 Å². The molecule has 0 N–H and O–H groups in total. The lowest BCUT2D eigenvalue weighted by Gasteiger charge is -2.09. The first-order valence-corrected chi connectivity index (χ1v) is 4.77. The van der Waals surface area contributed by atoms with Crippen molar-refractivity contribution in [3.05, 3.63) is 41.3 Å². The Kier molecular flexibility index (Phi) is 3.86. The summed E-state index contributed by atoms with van der Waals surface area (Å²) in [5.41, 5.74) is 3.48. The molecule has 0 saturated carbocycles. The smallest absolute Gasteiger partial charge is 0.293 e. The first kappa shape index (κ1) is 11.7. The molecule has 3 heteroatoms. The number of aryl methyl sites for hydroxylation is 3. The van der Waals surface area contributed by atoms with Crippen molar-refractivity contribution in [3.63, 3.8) is 0 Å². The van der Waals surface area contributed by atoms with Crippen molar-refractivity contribution in [2.75, 3.05) is 6.61 Å². The van der Waals surface area contributed by atoms with E-state index >= 15 is 0 Å². The molecule has 0 bridgehead atoms. The van der Waals surface area contributed by atoms with Gasteiger partial charge in [0.15, 0.2) is 0 Å². The van der Waals surface area contributed by atoms with Gasteiger partial charge in [0.2, 0.25) is 0 Å². The van der Waals surface area contributed by atoms with Crippen LogP contribution in [0, 0.1) is 27.7 Å². The molecule has 0 aromatic heterocycles. The van der Waals surface area contributed by atoms with E-state index in [1.807, 2.05) is 32.9 Å². The van der Waals surface area contributed by atoms with Crippen molar-refractivity contribution >= 4 is 5.97 Å². The summed E-state index contributed by atoms with van der Waals surface area (Å²) in [4.78, 5) is 20.7. The predicted molar refractivity (Wildman–Crippen MR) is 57.4 cm³/mol. The van der Waals surface area contributed by atoms with Crippen molar-refractivity contribution in [1.82, 2.24) is 0 Å². The van der Waals surface area contributed by atoms with Gasteiger partial charge in [-0.3, -0.25) is 4.89 Å². The van der Waals surface area contributed by atoms with Crippen molar-refractivity contribution < 1.29 is 14.6 Å². The molecule has 3 nitrogen and oxygen atoms in total. The summed E-state index contributed by atoms with van der Waals surface area (Å²) in [6.07, 6.45) is 0. The molecule has 0 saturated heterocycles. The fourth-order valence-corrected chi connectivity index (χ4v) is 1.64. The average molecular weight is 207 g/mol. The maximum atomic E-state index is 11.6. The summed E-state index contributed by atoms with van der Waals surface area (Å²) in [6, 6.07) is 3.88. The summed E-state index contributed by atoms with van der Waals surface area (Å²) in [5.74, 6) is -0.464. The van der Waals surface area contributed by atoms with Gasteiger partial charge in [0.25, 0.3) is 0 Å². The van der Waals surface area contributed by atoms with Crippen molar-refractivity contribution in [2.45, 2.75) is 20.8 Å². The van der Waals surface area contributed by atoms with Gasteiger partial charge in [-0.15, -0.1) is 0 Å². The summed E-state index contributed by atoms with van der Waals surface area (Å²) in [5, 5.41) is 0. The van der Waals surface area contributed by atoms with E-state index in [-0.39, 0.29) is 6.61 Å². The molecule has 0 unspecified atom stereocenters. The Labute approximate surface area is 89.9 Å². The van der Waals surface area contributed by atoms with E-state index in [4.69, 9.17) is 0 Å². The average Bonchev–Trinajstić information content (AvgIpc) is 2.12. The van der Waals surface area contributed by atoms with Gasteiger partial charge in [-0.25, -0.2) is 4.79 Å². The Morgan fingerprint density at radius 2 is 1.80 bits per heavy atom. The lowest BCUT2D eigenvalue weighted by molar-refractivity contribution is -0.232. The molecule has 0 aliphatic carbocycles. The maximum Gasteiger partial charge on any atom is 0.373 e. The van der Waals surface area contributed by atoms with Crippen LogP contribution in [0.5, 0.6) is 0 Å². The highest BCUT2D eigenvalue weighted by Crippen LogP contribution is 2.17. The molecule has 1 aromatic carbocycles. The van der Waals surface area contributed by atoms with Gasteiger partial charge in [0.1, 0.15) is 0 Å². The molecule has 0 atom stereocenters. The quantitative estimate of drug-likeness (QED) is 0.564. The van der Waals surface area contributed by atoms with E-state index < -0.39 is 5.97 Å². The molecule has 1 aromatic rings. The van der Waals surface area contributed by atoms with E-state index in [1.54, 1.807) is 0 Å². The highest BCUT2D eigenvalue weighted by atomic mass is 17.2. The second-order valence-electron chi connectivity index (χ2n) is 3.47. The van der Waals surface area contributed by atoms with Crippen molar-refractivity contribution in [1.29, 1.82) is 0 Å². The molecule has 0 aliphatic rings. The molecule has 81 valence electrons. The van der Waals surface area contributed by atoms with Crippen LogP contribution in [0.15, 0.2) is 12.1 Å². The van der Waals surface area contributed by atoms with Crippen molar-refractivity contribution in [3.8, 4) is 0 Å². The third-order valence-electron chi connectivity index (χ3n) is 2.10. The Hall–Kier alpha value is -1.35. The summed E-state index contributed by atoms with van der Waals surface area (Å²) < 4.78 is 0. The first-order chi connectivity index (χ1) is 7.06. The number of rotatable bonds is 3. The number of benzene rings is 1. The molecule has 1 radical (unpaired) electrons. The highest BCUT2D eigenvalue weighted by Gasteiger charge is 2.14. The Balaban J connectivity index is 2.98. The second-order valence-corrected chi connectivity index (χ2v) is 3.47. The van der Waals surface area contributed by atoms with Gasteiger partial charge in [-0.05, 0) is 38.8 Å². The highest BCUT2D eigenvalue weighted by molar-refractivity contribution is 5.92. The van der Waals surface area contributed by atoms with Gasteiger partial charge in [-0.2, -0.15) is 4.89 Å². The monoisotopic (exact) mass is 207 g/mol. The van der Waals surface area contributed by atoms with E-state index in [2.05, 4.69) is 16.7 Å². The van der Waals surface area contributed by atoms with Crippen LogP contribution in [0.2, 0.25) is 0 Å². The minimum atomic E-state index is -0.464. The molecule has 1 rings (SSSR count). The van der Waals surface area contributed by atoms with Gasteiger partial charge in [0.05, 0.1) is 12.2 Å². The lowest BCUT2D eigenvalue weighted by atomic mass is 10.0. The zero-order valence-corrected chi connectivity index (χ0v) is 9.29. The molecule has 0 fully saturated rings. The van der Waals surface area contributed by atoms with Crippen LogP contribution in [0.25, 0.3) is 0 Å². The van der Waals surface area contributed by atoms with Crippen LogP contribution in [0.1, 0.15) is 27.0 Å². The third kappa shape index (κ3) is 2.80. The molecule has 15 heavy (non-hydrogen) atoms. The minimum absolute atomic E-state index is 0.107. The summed E-state index contributed by atoms with van der Waals surface area (Å²) in [7, 11) is 0. The normalized spacial score (nSPS) is 10.1. The molecular weight excluding hydrogens is 192 g/mol. The van der Waals surface area contributed by atoms with E-state index in [0.29, 0.717) is 5.56 Å². The molecule has 0 aliphatic heterocycles. The maximum absolute atomic E-state index is 11.6. The van der Waals surface area contributed by atoms with Gasteiger partial charge in [-0.1, -0.05) is 17.7 Å². The van der Waals surface area contributed by atoms with E-state index in [0.717, 1.165) is 16.7 Å². The van der Waals surface area contributed by atoms with Crippen LogP contribution in [0.3, 0.4) is 0 Å². The van der Waals surface area contributed by atoms with Crippen LogP contribution >= 0.6 is 0 Å². The fourth-order valence-electron chi connectivity index (χ4n) is 1.64. The zero-order chi connectivity index (χ0) is 11.4. The topological polar surface area (TPSA) is 35.5 Å². The van der Waals surface area contributed by atoms with Crippen LogP contribution < -0.4 is 0 Å². The minimum Gasteiger partial charge on any atom is -0.293 e.